The van der Waals surface area contributed by atoms with Crippen LogP contribution < -0.4 is 23.8 Å². The highest BCUT2D eigenvalue weighted by molar-refractivity contribution is 7.92. The van der Waals surface area contributed by atoms with Crippen molar-refractivity contribution in [3.8, 4) is 17.2 Å². The van der Waals surface area contributed by atoms with Gasteiger partial charge in [0.15, 0.2) is 11.5 Å². The Morgan fingerprint density at radius 3 is 2.05 bits per heavy atom. The smallest absolute Gasteiger partial charge is 0.264 e. The van der Waals surface area contributed by atoms with E-state index in [-0.39, 0.29) is 29.1 Å². The van der Waals surface area contributed by atoms with Crippen LogP contribution in [-0.4, -0.2) is 65.1 Å². The molecule has 0 spiro atoms. The van der Waals surface area contributed by atoms with Crippen LogP contribution in [0.1, 0.15) is 39.2 Å². The van der Waals surface area contributed by atoms with Gasteiger partial charge in [-0.25, -0.2) is 8.42 Å². The van der Waals surface area contributed by atoms with E-state index in [9.17, 15) is 18.0 Å². The first-order valence-corrected chi connectivity index (χ1v) is 15.6. The van der Waals surface area contributed by atoms with E-state index in [4.69, 9.17) is 14.2 Å². The van der Waals surface area contributed by atoms with Gasteiger partial charge in [-0.2, -0.15) is 0 Å². The first-order valence-electron chi connectivity index (χ1n) is 14.1. The number of rotatable bonds is 15. The molecule has 0 fully saturated rings. The van der Waals surface area contributed by atoms with Crippen molar-refractivity contribution >= 4 is 27.5 Å². The summed E-state index contributed by atoms with van der Waals surface area (Å²) in [5, 5.41) is 2.97. The van der Waals surface area contributed by atoms with Crippen LogP contribution in [0.2, 0.25) is 0 Å². The van der Waals surface area contributed by atoms with E-state index in [2.05, 4.69) is 5.32 Å². The molecule has 0 bridgehead atoms. The second-order valence-electron chi connectivity index (χ2n) is 9.98. The van der Waals surface area contributed by atoms with E-state index in [1.807, 2.05) is 32.9 Å². The Bertz CT molecular complexity index is 1460. The lowest BCUT2D eigenvalue weighted by atomic mass is 10.1. The summed E-state index contributed by atoms with van der Waals surface area (Å²) in [6.07, 6.45) is 1.05. The zero-order chi connectivity index (χ0) is 31.6. The van der Waals surface area contributed by atoms with Gasteiger partial charge < -0.3 is 24.4 Å². The number of sulfonamides is 1. The van der Waals surface area contributed by atoms with Gasteiger partial charge in [0.2, 0.25) is 11.8 Å². The minimum atomic E-state index is -4.26. The number of benzene rings is 3. The normalized spacial score (nSPS) is 12.5. The van der Waals surface area contributed by atoms with Crippen molar-refractivity contribution in [2.75, 3.05) is 32.2 Å². The molecule has 2 atom stereocenters. The summed E-state index contributed by atoms with van der Waals surface area (Å²) in [5.74, 6) is 0.423. The minimum absolute atomic E-state index is 0.0786. The number of amides is 2. The number of para-hydroxylation sites is 1. The maximum Gasteiger partial charge on any atom is 0.264 e. The molecule has 0 radical (unpaired) electrons. The molecule has 2 amide bonds. The fourth-order valence-electron chi connectivity index (χ4n) is 4.52. The molecule has 0 aliphatic rings. The van der Waals surface area contributed by atoms with Crippen LogP contribution in [0.15, 0.2) is 77.7 Å². The summed E-state index contributed by atoms with van der Waals surface area (Å²) in [6.45, 7) is 5.23. The Labute approximate surface area is 254 Å². The van der Waals surface area contributed by atoms with E-state index in [0.29, 0.717) is 23.6 Å². The van der Waals surface area contributed by atoms with Gasteiger partial charge >= 0.3 is 0 Å². The number of hydrogen-bond donors (Lipinski definition) is 1. The van der Waals surface area contributed by atoms with Gasteiger partial charge in [-0.05, 0) is 61.7 Å². The average molecular weight is 612 g/mol. The van der Waals surface area contributed by atoms with Gasteiger partial charge in [0.25, 0.3) is 10.0 Å². The standard InChI is InChI=1S/C32H41N3O7S/c1-7-23(3)33-32(37)28(8-2)34(21-24-14-16-26(40-4)17-15-24)31(36)22-35(25-12-10-9-11-13-25)43(38,39)27-18-19-29(41-5)30(20-27)42-6/h9-20,23,28H,7-8,21-22H2,1-6H3,(H,33,37). The predicted molar refractivity (Wildman–Crippen MR) is 166 cm³/mol. The van der Waals surface area contributed by atoms with Crippen LogP contribution in [0.4, 0.5) is 5.69 Å². The third kappa shape index (κ3) is 8.19. The molecule has 2 unspecified atom stereocenters. The number of nitrogens with zero attached hydrogens (tertiary/aromatic N) is 2. The molecule has 0 aromatic heterocycles. The molecule has 10 nitrogen and oxygen atoms in total. The van der Waals surface area contributed by atoms with Gasteiger partial charge in [0, 0.05) is 18.7 Å². The zero-order valence-corrected chi connectivity index (χ0v) is 26.4. The molecule has 1 N–H and O–H groups in total. The molecule has 0 saturated heterocycles. The minimum Gasteiger partial charge on any atom is -0.497 e. The fourth-order valence-corrected chi connectivity index (χ4v) is 5.95. The predicted octanol–water partition coefficient (Wildman–Crippen LogP) is 4.63. The summed E-state index contributed by atoms with van der Waals surface area (Å²) in [7, 11) is 0.173. The monoisotopic (exact) mass is 611 g/mol. The highest BCUT2D eigenvalue weighted by Crippen LogP contribution is 2.32. The molecule has 3 aromatic carbocycles. The maximum atomic E-state index is 14.2. The van der Waals surface area contributed by atoms with Crippen molar-refractivity contribution in [2.45, 2.75) is 57.1 Å². The summed E-state index contributed by atoms with van der Waals surface area (Å²) in [6, 6.07) is 18.9. The average Bonchev–Trinajstić information content (AvgIpc) is 3.03. The Balaban J connectivity index is 2.07. The molecule has 3 aromatic rings. The van der Waals surface area contributed by atoms with E-state index in [0.717, 1.165) is 16.3 Å². The molecule has 232 valence electrons. The van der Waals surface area contributed by atoms with Gasteiger partial charge in [-0.3, -0.25) is 13.9 Å². The Morgan fingerprint density at radius 2 is 1.49 bits per heavy atom. The van der Waals surface area contributed by atoms with Crippen molar-refractivity contribution in [2.24, 2.45) is 0 Å². The molecular formula is C32H41N3O7S. The highest BCUT2D eigenvalue weighted by atomic mass is 32.2. The van der Waals surface area contributed by atoms with Crippen LogP contribution in [0, 0.1) is 0 Å². The number of hydrogen-bond acceptors (Lipinski definition) is 7. The quantitative estimate of drug-likeness (QED) is 0.267. The largest absolute Gasteiger partial charge is 0.497 e. The number of anilines is 1. The van der Waals surface area contributed by atoms with E-state index >= 15 is 0 Å². The second kappa shape index (κ2) is 15.3. The summed E-state index contributed by atoms with van der Waals surface area (Å²) in [5.41, 5.74) is 1.06. The summed E-state index contributed by atoms with van der Waals surface area (Å²) >= 11 is 0. The fraction of sp³-hybridized carbons (Fsp3) is 0.375. The van der Waals surface area contributed by atoms with Gasteiger partial charge in [0.1, 0.15) is 18.3 Å². The van der Waals surface area contributed by atoms with Crippen molar-refractivity contribution < 1.29 is 32.2 Å². The number of carbonyl (C=O) groups excluding carboxylic acids is 2. The zero-order valence-electron chi connectivity index (χ0n) is 25.6. The van der Waals surface area contributed by atoms with Crippen LogP contribution >= 0.6 is 0 Å². The van der Waals surface area contributed by atoms with Crippen LogP contribution in [0.3, 0.4) is 0 Å². The van der Waals surface area contributed by atoms with Gasteiger partial charge in [0.05, 0.1) is 31.9 Å². The van der Waals surface area contributed by atoms with Crippen molar-refractivity contribution in [3.63, 3.8) is 0 Å². The first-order chi connectivity index (χ1) is 20.6. The molecular weight excluding hydrogens is 570 g/mol. The van der Waals surface area contributed by atoms with Crippen molar-refractivity contribution in [3.05, 3.63) is 78.4 Å². The third-order valence-corrected chi connectivity index (χ3v) is 8.93. The SMILES string of the molecule is CCC(C)NC(=O)C(CC)N(Cc1ccc(OC)cc1)C(=O)CN(c1ccccc1)S(=O)(=O)c1ccc(OC)c(OC)c1. The highest BCUT2D eigenvalue weighted by Gasteiger charge is 2.34. The maximum absolute atomic E-state index is 14.2. The lowest BCUT2D eigenvalue weighted by Crippen LogP contribution is -2.53. The Hall–Kier alpha value is -4.25. The molecule has 0 aliphatic carbocycles. The Morgan fingerprint density at radius 1 is 0.837 bits per heavy atom. The van der Waals surface area contributed by atoms with Crippen molar-refractivity contribution in [1.82, 2.24) is 10.2 Å². The van der Waals surface area contributed by atoms with E-state index in [1.54, 1.807) is 49.6 Å². The van der Waals surface area contributed by atoms with E-state index < -0.39 is 28.5 Å². The number of ether oxygens (including phenoxy) is 3. The first kappa shape index (κ1) is 33.3. The van der Waals surface area contributed by atoms with E-state index in [1.165, 1.54) is 37.3 Å². The number of carbonyl (C=O) groups is 2. The molecule has 43 heavy (non-hydrogen) atoms. The molecule has 0 saturated carbocycles. The Kier molecular flexibility index (Phi) is 11.8. The topological polar surface area (TPSA) is 114 Å². The van der Waals surface area contributed by atoms with Gasteiger partial charge in [-0.1, -0.05) is 44.2 Å². The van der Waals surface area contributed by atoms with Crippen LogP contribution in [0.25, 0.3) is 0 Å². The molecule has 11 heteroatoms. The molecule has 3 rings (SSSR count). The van der Waals surface area contributed by atoms with Crippen LogP contribution in [0.5, 0.6) is 17.2 Å². The molecule has 0 aliphatic heterocycles. The lowest BCUT2D eigenvalue weighted by Gasteiger charge is -2.33. The van der Waals surface area contributed by atoms with Crippen molar-refractivity contribution in [1.29, 1.82) is 0 Å². The third-order valence-electron chi connectivity index (χ3n) is 7.16. The summed E-state index contributed by atoms with van der Waals surface area (Å²) < 4.78 is 45.1. The lowest BCUT2D eigenvalue weighted by molar-refractivity contribution is -0.140. The van der Waals surface area contributed by atoms with Gasteiger partial charge in [-0.15, -0.1) is 0 Å². The second-order valence-corrected chi connectivity index (χ2v) is 11.8. The van der Waals surface area contributed by atoms with Crippen LogP contribution in [-0.2, 0) is 26.2 Å². The number of nitrogens with one attached hydrogen (secondary N) is 1. The number of methoxy groups -OCH3 is 3. The molecule has 0 heterocycles. The summed E-state index contributed by atoms with van der Waals surface area (Å²) in [4.78, 5) is 29.0.